The Morgan fingerprint density at radius 1 is 1.23 bits per heavy atom. The first-order valence-electron chi connectivity index (χ1n) is 8.22. The maximum Gasteiger partial charge on any atom is 0.346 e. The molecule has 0 radical (unpaired) electrons. The number of aliphatic hydroxyl groups is 1. The maximum atomic E-state index is 12.3. The zero-order valence-corrected chi connectivity index (χ0v) is 12.9. The van der Waals surface area contributed by atoms with Gasteiger partial charge in [0, 0.05) is 13.0 Å². The summed E-state index contributed by atoms with van der Waals surface area (Å²) < 4.78 is 2.95. The Bertz CT molecular complexity index is 598. The molecule has 122 valence electrons. The molecule has 1 aromatic heterocycles. The molecule has 7 heteroatoms. The maximum absolute atomic E-state index is 12.3. The van der Waals surface area contributed by atoms with E-state index in [0.29, 0.717) is 6.54 Å². The van der Waals surface area contributed by atoms with Crippen molar-refractivity contribution in [1.82, 2.24) is 19.7 Å². The van der Waals surface area contributed by atoms with E-state index in [2.05, 4.69) is 10.4 Å². The summed E-state index contributed by atoms with van der Waals surface area (Å²) in [7, 11) is 0. The van der Waals surface area contributed by atoms with E-state index in [0.717, 1.165) is 57.2 Å². The van der Waals surface area contributed by atoms with Crippen molar-refractivity contribution in [1.29, 1.82) is 0 Å². The van der Waals surface area contributed by atoms with E-state index in [9.17, 15) is 14.7 Å². The van der Waals surface area contributed by atoms with Crippen molar-refractivity contribution in [2.24, 2.45) is 0 Å². The normalized spacial score (nSPS) is 20.4. The minimum atomic E-state index is -0.502. The number of fused-ring (bicyclic) bond motifs is 1. The van der Waals surface area contributed by atoms with E-state index < -0.39 is 5.54 Å². The van der Waals surface area contributed by atoms with Gasteiger partial charge in [-0.05, 0) is 25.7 Å². The lowest BCUT2D eigenvalue weighted by molar-refractivity contribution is -0.124. The molecule has 7 nitrogen and oxygen atoms in total. The number of aliphatic hydroxyl groups excluding tert-OH is 1. The van der Waals surface area contributed by atoms with Crippen molar-refractivity contribution < 1.29 is 9.90 Å². The first-order valence-corrected chi connectivity index (χ1v) is 8.22. The number of carbonyl (C=O) groups excluding carboxylic acids is 1. The number of hydrogen-bond donors (Lipinski definition) is 2. The molecule has 1 aromatic rings. The molecule has 2 heterocycles. The summed E-state index contributed by atoms with van der Waals surface area (Å²) in [5.41, 5.74) is -0.700. The Morgan fingerprint density at radius 2 is 2.00 bits per heavy atom. The summed E-state index contributed by atoms with van der Waals surface area (Å²) in [4.78, 5) is 24.6. The van der Waals surface area contributed by atoms with Crippen LogP contribution in [0.1, 0.15) is 50.8 Å². The number of nitrogens with one attached hydrogen (secondary N) is 1. The largest absolute Gasteiger partial charge is 0.394 e. The Hall–Kier alpha value is -1.63. The molecule has 1 amide bonds. The molecule has 22 heavy (non-hydrogen) atoms. The monoisotopic (exact) mass is 308 g/mol. The van der Waals surface area contributed by atoms with Crippen molar-refractivity contribution in [2.75, 3.05) is 6.61 Å². The second-order valence-corrected chi connectivity index (χ2v) is 6.51. The molecule has 0 unspecified atom stereocenters. The van der Waals surface area contributed by atoms with Crippen LogP contribution in [0.4, 0.5) is 0 Å². The second-order valence-electron chi connectivity index (χ2n) is 6.51. The summed E-state index contributed by atoms with van der Waals surface area (Å²) in [6.07, 6.45) is 7.55. The van der Waals surface area contributed by atoms with Crippen molar-refractivity contribution >= 4 is 5.91 Å². The average molecular weight is 308 g/mol. The standard InChI is InChI=1S/C15H24N4O3/c20-11-15(7-3-4-8-15)16-13(21)10-19-14(22)18-9-5-1-2-6-12(18)17-19/h20H,1-11H2,(H,16,21). The molecule has 1 aliphatic carbocycles. The molecule has 1 fully saturated rings. The van der Waals surface area contributed by atoms with E-state index in [-0.39, 0.29) is 24.7 Å². The summed E-state index contributed by atoms with van der Waals surface area (Å²) in [5, 5.41) is 16.8. The predicted octanol–water partition coefficient (Wildman–Crippen LogP) is 0.192. The van der Waals surface area contributed by atoms with Crippen LogP contribution in [0.25, 0.3) is 0 Å². The van der Waals surface area contributed by atoms with Gasteiger partial charge in [0.2, 0.25) is 5.91 Å². The molecule has 1 saturated carbocycles. The molecule has 2 aliphatic rings. The minimum Gasteiger partial charge on any atom is -0.394 e. The summed E-state index contributed by atoms with van der Waals surface area (Å²) in [6.45, 7) is 0.574. The lowest BCUT2D eigenvalue weighted by Crippen LogP contribution is -2.50. The highest BCUT2D eigenvalue weighted by atomic mass is 16.3. The fourth-order valence-electron chi connectivity index (χ4n) is 3.57. The molecule has 0 spiro atoms. The molecule has 0 atom stereocenters. The molecule has 1 aliphatic heterocycles. The third-order valence-electron chi connectivity index (χ3n) is 4.84. The highest BCUT2D eigenvalue weighted by molar-refractivity contribution is 5.76. The quantitative estimate of drug-likeness (QED) is 0.831. The molecular formula is C15H24N4O3. The average Bonchev–Trinajstić information content (AvgIpc) is 2.98. The molecule has 0 bridgehead atoms. The van der Waals surface area contributed by atoms with Crippen LogP contribution in [0.5, 0.6) is 0 Å². The second kappa shape index (κ2) is 6.24. The van der Waals surface area contributed by atoms with E-state index in [1.54, 1.807) is 4.57 Å². The van der Waals surface area contributed by atoms with Crippen LogP contribution in [-0.2, 0) is 24.3 Å². The topological polar surface area (TPSA) is 89.2 Å². The van der Waals surface area contributed by atoms with E-state index in [1.807, 2.05) is 0 Å². The first-order chi connectivity index (χ1) is 10.6. The number of amides is 1. The Balaban J connectivity index is 1.70. The van der Waals surface area contributed by atoms with E-state index in [4.69, 9.17) is 0 Å². The smallest absolute Gasteiger partial charge is 0.346 e. The van der Waals surface area contributed by atoms with Gasteiger partial charge in [0.1, 0.15) is 12.4 Å². The third-order valence-corrected chi connectivity index (χ3v) is 4.84. The Labute approximate surface area is 129 Å². The van der Waals surface area contributed by atoms with Crippen LogP contribution in [-0.4, -0.2) is 37.5 Å². The summed E-state index contributed by atoms with van der Waals surface area (Å²) >= 11 is 0. The predicted molar refractivity (Wildman–Crippen MR) is 80.5 cm³/mol. The Morgan fingerprint density at radius 3 is 2.73 bits per heavy atom. The van der Waals surface area contributed by atoms with Gasteiger partial charge in [0.25, 0.3) is 0 Å². The number of aromatic nitrogens is 3. The molecule has 0 saturated heterocycles. The molecular weight excluding hydrogens is 284 g/mol. The van der Waals surface area contributed by atoms with Gasteiger partial charge in [0.05, 0.1) is 12.1 Å². The van der Waals surface area contributed by atoms with E-state index >= 15 is 0 Å². The van der Waals surface area contributed by atoms with Gasteiger partial charge in [-0.25, -0.2) is 9.48 Å². The number of nitrogens with zero attached hydrogens (tertiary/aromatic N) is 3. The number of carbonyl (C=O) groups is 1. The first kappa shape index (κ1) is 15.3. The van der Waals surface area contributed by atoms with Crippen LogP contribution in [0, 0.1) is 0 Å². The van der Waals surface area contributed by atoms with Crippen LogP contribution in [0.15, 0.2) is 4.79 Å². The fourth-order valence-corrected chi connectivity index (χ4v) is 3.57. The molecule has 2 N–H and O–H groups in total. The Kier molecular flexibility index (Phi) is 4.33. The number of hydrogen-bond acceptors (Lipinski definition) is 4. The van der Waals surface area contributed by atoms with Gasteiger partial charge in [-0.15, -0.1) is 0 Å². The SMILES string of the molecule is O=C(Cn1nc2n(c1=O)CCCCC2)NC1(CO)CCCC1. The van der Waals surface area contributed by atoms with Gasteiger partial charge >= 0.3 is 5.69 Å². The van der Waals surface area contributed by atoms with Crippen molar-refractivity contribution in [3.05, 3.63) is 16.3 Å². The number of aryl methyl sites for hydroxylation is 1. The van der Waals surface area contributed by atoms with Crippen molar-refractivity contribution in [3.63, 3.8) is 0 Å². The van der Waals surface area contributed by atoms with Gasteiger partial charge in [-0.1, -0.05) is 19.3 Å². The fraction of sp³-hybridized carbons (Fsp3) is 0.800. The summed E-state index contributed by atoms with van der Waals surface area (Å²) in [5.74, 6) is 0.541. The van der Waals surface area contributed by atoms with Crippen LogP contribution in [0.3, 0.4) is 0 Å². The van der Waals surface area contributed by atoms with Crippen molar-refractivity contribution in [2.45, 2.75) is 70.0 Å². The van der Waals surface area contributed by atoms with Crippen molar-refractivity contribution in [3.8, 4) is 0 Å². The van der Waals surface area contributed by atoms with Crippen LogP contribution in [0.2, 0.25) is 0 Å². The lowest BCUT2D eigenvalue weighted by Gasteiger charge is -2.27. The van der Waals surface area contributed by atoms with Gasteiger partial charge < -0.3 is 10.4 Å². The van der Waals surface area contributed by atoms with Gasteiger partial charge in [0.15, 0.2) is 0 Å². The lowest BCUT2D eigenvalue weighted by atomic mass is 9.99. The van der Waals surface area contributed by atoms with Gasteiger partial charge in [-0.2, -0.15) is 5.10 Å². The summed E-state index contributed by atoms with van der Waals surface area (Å²) in [6, 6.07) is 0. The highest BCUT2D eigenvalue weighted by Crippen LogP contribution is 2.28. The van der Waals surface area contributed by atoms with Gasteiger partial charge in [-0.3, -0.25) is 9.36 Å². The number of rotatable bonds is 4. The van der Waals surface area contributed by atoms with E-state index in [1.165, 1.54) is 4.68 Å². The van der Waals surface area contributed by atoms with Crippen LogP contribution < -0.4 is 11.0 Å². The zero-order valence-electron chi connectivity index (χ0n) is 12.9. The molecule has 3 rings (SSSR count). The third kappa shape index (κ3) is 2.95. The zero-order chi connectivity index (χ0) is 15.6. The molecule has 0 aromatic carbocycles. The minimum absolute atomic E-state index is 0.0483. The van der Waals surface area contributed by atoms with Crippen LogP contribution >= 0.6 is 0 Å². The highest BCUT2D eigenvalue weighted by Gasteiger charge is 2.34.